The summed E-state index contributed by atoms with van der Waals surface area (Å²) in [5.74, 6) is -2.03. The summed E-state index contributed by atoms with van der Waals surface area (Å²) >= 11 is 0. The molecule has 0 aliphatic carbocycles. The molecule has 0 bridgehead atoms. The number of rotatable bonds is 12. The first-order valence-corrected chi connectivity index (χ1v) is 15.0. The van der Waals surface area contributed by atoms with Gasteiger partial charge in [-0.05, 0) is 69.5 Å². The number of benzene rings is 1. The third-order valence-corrected chi connectivity index (χ3v) is 7.83. The number of carbonyl (C=O) groups excluding carboxylic acids is 1. The highest BCUT2D eigenvalue weighted by molar-refractivity contribution is 5.82. The number of aliphatic carboxylic acids is 1. The van der Waals surface area contributed by atoms with Crippen LogP contribution in [0.25, 0.3) is 16.9 Å². The molecule has 10 nitrogen and oxygen atoms in total. The fraction of sp³-hybridized carbons (Fsp3) is 0.424. The molecule has 4 aromatic rings. The number of carboxylic acid groups (broad SMARTS) is 1. The van der Waals surface area contributed by atoms with Gasteiger partial charge in [0, 0.05) is 42.3 Å². The Labute approximate surface area is 264 Å². The Morgan fingerprint density at radius 3 is 2.37 bits per heavy atom. The largest absolute Gasteiger partial charge is 0.481 e. The molecule has 0 aliphatic rings. The Balaban J connectivity index is 1.82. The summed E-state index contributed by atoms with van der Waals surface area (Å²) in [4.78, 5) is 45.5. The van der Waals surface area contributed by atoms with Gasteiger partial charge >= 0.3 is 12.1 Å². The normalized spacial score (nSPS) is 13.4. The van der Waals surface area contributed by atoms with Gasteiger partial charge in [0.2, 0.25) is 5.91 Å². The van der Waals surface area contributed by atoms with Gasteiger partial charge in [-0.15, -0.1) is 0 Å². The first kappa shape index (κ1) is 34.4. The average molecular weight is 641 g/mol. The lowest BCUT2D eigenvalue weighted by molar-refractivity contribution is -0.139. The maximum Gasteiger partial charge on any atom is 0.416 e. The molecule has 0 unspecified atom stereocenters. The Morgan fingerprint density at radius 2 is 1.78 bits per heavy atom. The Hall–Kier alpha value is -4.52. The van der Waals surface area contributed by atoms with Crippen molar-refractivity contribution in [3.63, 3.8) is 0 Å². The number of imidazole rings is 1. The number of aryl methyl sites for hydroxylation is 2. The molecule has 13 heteroatoms. The fourth-order valence-electron chi connectivity index (χ4n) is 5.66. The van der Waals surface area contributed by atoms with E-state index in [0.29, 0.717) is 23.0 Å². The van der Waals surface area contributed by atoms with Crippen molar-refractivity contribution in [2.75, 3.05) is 20.6 Å². The van der Waals surface area contributed by atoms with Crippen molar-refractivity contribution in [1.29, 1.82) is 0 Å². The number of nitrogens with one attached hydrogen (secondary N) is 1. The van der Waals surface area contributed by atoms with Gasteiger partial charge in [-0.2, -0.15) is 18.3 Å². The first-order chi connectivity index (χ1) is 21.6. The lowest BCUT2D eigenvalue weighted by Gasteiger charge is -2.26. The van der Waals surface area contributed by atoms with Crippen LogP contribution in [0.4, 0.5) is 13.2 Å². The van der Waals surface area contributed by atoms with Gasteiger partial charge in [0.05, 0.1) is 23.7 Å². The number of halogens is 3. The van der Waals surface area contributed by atoms with Crippen molar-refractivity contribution in [3.8, 4) is 11.3 Å². The highest BCUT2D eigenvalue weighted by Gasteiger charge is 2.36. The SMILES string of the molecule is Cc1cccc(C)c1-c1cc([C@H](CC(=O)O)NC(=O)[C@@H](CC(C)C)n2cc(CCN(C)C)c(C(F)(F)F)cc2=O)c2nccn2n1. The van der Waals surface area contributed by atoms with Crippen LogP contribution in [0, 0.1) is 19.8 Å². The first-order valence-electron chi connectivity index (χ1n) is 15.0. The summed E-state index contributed by atoms with van der Waals surface area (Å²) in [6, 6.07) is 5.71. The molecule has 4 rings (SSSR count). The van der Waals surface area contributed by atoms with Gasteiger partial charge in [0.15, 0.2) is 5.65 Å². The van der Waals surface area contributed by atoms with Crippen molar-refractivity contribution >= 4 is 17.5 Å². The minimum Gasteiger partial charge on any atom is -0.481 e. The van der Waals surface area contributed by atoms with Crippen molar-refractivity contribution in [1.82, 2.24) is 29.4 Å². The van der Waals surface area contributed by atoms with E-state index < -0.39 is 47.7 Å². The highest BCUT2D eigenvalue weighted by Crippen LogP contribution is 2.33. The summed E-state index contributed by atoms with van der Waals surface area (Å²) < 4.78 is 44.3. The number of pyridine rings is 1. The molecule has 1 amide bonds. The molecule has 0 aliphatic heterocycles. The predicted octanol–water partition coefficient (Wildman–Crippen LogP) is 5.22. The minimum atomic E-state index is -4.76. The number of aromatic nitrogens is 4. The third kappa shape index (κ3) is 7.82. The maximum absolute atomic E-state index is 14.1. The maximum atomic E-state index is 14.1. The van der Waals surface area contributed by atoms with E-state index >= 15 is 0 Å². The zero-order valence-corrected chi connectivity index (χ0v) is 26.7. The molecule has 0 spiro atoms. The number of carboxylic acids is 1. The third-order valence-electron chi connectivity index (χ3n) is 7.83. The molecular weight excluding hydrogens is 601 g/mol. The second-order valence-corrected chi connectivity index (χ2v) is 12.3. The van der Waals surface area contributed by atoms with Crippen LogP contribution in [0.2, 0.25) is 0 Å². The smallest absolute Gasteiger partial charge is 0.416 e. The zero-order valence-electron chi connectivity index (χ0n) is 26.7. The van der Waals surface area contributed by atoms with Gasteiger partial charge < -0.3 is 19.9 Å². The molecular formula is C33H39F3N6O4. The highest BCUT2D eigenvalue weighted by atomic mass is 19.4. The number of carbonyl (C=O) groups is 2. The van der Waals surface area contributed by atoms with E-state index in [2.05, 4.69) is 15.4 Å². The number of hydrogen-bond donors (Lipinski definition) is 2. The topological polar surface area (TPSA) is 122 Å². The quantitative estimate of drug-likeness (QED) is 0.218. The number of fused-ring (bicyclic) bond motifs is 1. The number of likely N-dealkylation sites (N-methyl/N-ethyl adjacent to an activating group) is 1. The molecule has 2 N–H and O–H groups in total. The fourth-order valence-corrected chi connectivity index (χ4v) is 5.66. The van der Waals surface area contributed by atoms with Gasteiger partial charge in [-0.1, -0.05) is 32.0 Å². The van der Waals surface area contributed by atoms with E-state index in [1.54, 1.807) is 31.3 Å². The molecule has 46 heavy (non-hydrogen) atoms. The van der Waals surface area contributed by atoms with Crippen molar-refractivity contribution < 1.29 is 27.9 Å². The number of hydrogen-bond acceptors (Lipinski definition) is 6. The van der Waals surface area contributed by atoms with Crippen LogP contribution >= 0.6 is 0 Å². The lowest BCUT2D eigenvalue weighted by Crippen LogP contribution is -2.40. The Bertz CT molecular complexity index is 1770. The monoisotopic (exact) mass is 640 g/mol. The van der Waals surface area contributed by atoms with Gasteiger partial charge in [-0.25, -0.2) is 9.50 Å². The number of nitrogens with zero attached hydrogens (tertiary/aromatic N) is 5. The number of amides is 1. The summed E-state index contributed by atoms with van der Waals surface area (Å²) in [5, 5.41) is 17.4. The number of alkyl halides is 3. The van der Waals surface area contributed by atoms with Gasteiger partial charge in [-0.3, -0.25) is 14.4 Å². The Morgan fingerprint density at radius 1 is 1.11 bits per heavy atom. The zero-order chi connectivity index (χ0) is 33.9. The van der Waals surface area contributed by atoms with Crippen LogP contribution in [0.5, 0.6) is 0 Å². The van der Waals surface area contributed by atoms with Gasteiger partial charge in [0.25, 0.3) is 5.56 Å². The molecule has 0 fully saturated rings. The van der Waals surface area contributed by atoms with Crippen LogP contribution in [-0.2, 0) is 22.2 Å². The van der Waals surface area contributed by atoms with E-state index in [4.69, 9.17) is 0 Å². The van der Waals surface area contributed by atoms with Crippen molar-refractivity contribution in [3.05, 3.63) is 87.1 Å². The summed E-state index contributed by atoms with van der Waals surface area (Å²) in [7, 11) is 3.45. The second-order valence-electron chi connectivity index (χ2n) is 12.3. The molecule has 2 atom stereocenters. The van der Waals surface area contributed by atoms with Crippen molar-refractivity contribution in [2.24, 2.45) is 5.92 Å². The van der Waals surface area contributed by atoms with Crippen LogP contribution < -0.4 is 10.9 Å². The van der Waals surface area contributed by atoms with E-state index in [0.717, 1.165) is 27.5 Å². The minimum absolute atomic E-state index is 0.00421. The van der Waals surface area contributed by atoms with Crippen LogP contribution in [0.15, 0.2) is 53.7 Å². The predicted molar refractivity (Wildman–Crippen MR) is 167 cm³/mol. The van der Waals surface area contributed by atoms with E-state index in [9.17, 15) is 32.7 Å². The molecule has 0 saturated carbocycles. The van der Waals surface area contributed by atoms with Crippen LogP contribution in [0.1, 0.15) is 66.6 Å². The van der Waals surface area contributed by atoms with Crippen LogP contribution in [-0.4, -0.2) is 61.7 Å². The lowest BCUT2D eigenvalue weighted by atomic mass is 9.96. The summed E-state index contributed by atoms with van der Waals surface area (Å²) in [6.45, 7) is 7.80. The van der Waals surface area contributed by atoms with Crippen molar-refractivity contribution in [2.45, 2.75) is 65.2 Å². The molecule has 0 radical (unpaired) electrons. The molecule has 246 valence electrons. The van der Waals surface area contributed by atoms with Gasteiger partial charge in [0.1, 0.15) is 6.04 Å². The Kier molecular flexibility index (Phi) is 10.3. The molecule has 0 saturated heterocycles. The van der Waals surface area contributed by atoms with E-state index in [1.807, 2.05) is 45.9 Å². The molecule has 1 aromatic carbocycles. The average Bonchev–Trinajstić information content (AvgIpc) is 3.42. The standard InChI is InChI=1S/C33H39F3N6O4/c1-19(2)14-27(41-18-22(10-12-40(5)6)24(16-28(41)43)33(34,35)36)32(46)38-25(17-29(44)45)23-15-26(39-42-13-11-37-31(23)42)30-20(3)8-7-9-21(30)4/h7-9,11,13,15-16,18-19,25,27H,10,12,14,17H2,1-6H3,(H,38,46)(H,44,45)/t25-,27+/m0/s1. The van der Waals surface area contributed by atoms with Crippen LogP contribution in [0.3, 0.4) is 0 Å². The second kappa shape index (κ2) is 13.9. The molecule has 3 aromatic heterocycles. The van der Waals surface area contributed by atoms with E-state index in [1.165, 1.54) is 10.7 Å². The summed E-state index contributed by atoms with van der Waals surface area (Å²) in [6.07, 6.45) is -0.914. The summed E-state index contributed by atoms with van der Waals surface area (Å²) in [5.41, 5.74) is 1.87. The molecule has 3 heterocycles. The van der Waals surface area contributed by atoms with E-state index in [-0.39, 0.29) is 30.9 Å².